The largest absolute Gasteiger partial charge is 0.464 e. The number of hydrogen-bond acceptors (Lipinski definition) is 5. The van der Waals surface area contributed by atoms with Gasteiger partial charge in [0.1, 0.15) is 0 Å². The van der Waals surface area contributed by atoms with Crippen molar-refractivity contribution in [1.29, 1.82) is 0 Å². The fraction of sp³-hybridized carbons (Fsp3) is 0.250. The average Bonchev–Trinajstić information content (AvgIpc) is 2.35. The van der Waals surface area contributed by atoms with Gasteiger partial charge in [0.25, 0.3) is 0 Å². The Morgan fingerprint density at radius 1 is 1.25 bits per heavy atom. The van der Waals surface area contributed by atoms with Crippen LogP contribution in [0.5, 0.6) is 6.01 Å². The first-order valence-electron chi connectivity index (χ1n) is 5.76. The minimum atomic E-state index is 0.0558. The number of anilines is 2. The maximum atomic E-state index is 6.10. The van der Waals surface area contributed by atoms with E-state index in [1.165, 1.54) is 0 Å². The van der Waals surface area contributed by atoms with Gasteiger partial charge in [-0.15, -0.1) is 0 Å². The molecule has 8 heteroatoms. The summed E-state index contributed by atoms with van der Waals surface area (Å²) in [5, 5.41) is 3.72. The maximum absolute atomic E-state index is 6.10. The zero-order valence-corrected chi connectivity index (χ0v) is 13.8. The van der Waals surface area contributed by atoms with Crippen LogP contribution >= 0.6 is 39.1 Å². The first kappa shape index (κ1) is 15.3. The number of benzene rings is 1. The number of nitrogens with one attached hydrogen (secondary N) is 1. The first-order valence-corrected chi connectivity index (χ1v) is 7.31. The molecule has 20 heavy (non-hydrogen) atoms. The van der Waals surface area contributed by atoms with Gasteiger partial charge in [-0.1, -0.05) is 11.6 Å². The molecule has 1 heterocycles. The third-order valence-electron chi connectivity index (χ3n) is 2.36. The molecule has 2 aromatic rings. The number of aryl methyl sites for hydroxylation is 1. The van der Waals surface area contributed by atoms with Crippen molar-refractivity contribution in [2.45, 2.75) is 13.8 Å². The molecule has 5 nitrogen and oxygen atoms in total. The number of ether oxygens (including phenoxy) is 1. The second-order valence-electron chi connectivity index (χ2n) is 3.85. The number of rotatable bonds is 4. The predicted molar refractivity (Wildman–Crippen MR) is 83.2 cm³/mol. The van der Waals surface area contributed by atoms with E-state index in [4.69, 9.17) is 27.9 Å². The summed E-state index contributed by atoms with van der Waals surface area (Å²) >= 11 is 15.4. The summed E-state index contributed by atoms with van der Waals surface area (Å²) in [7, 11) is 0. The number of nitrogens with zero attached hydrogens (tertiary/aromatic N) is 3. The highest BCUT2D eigenvalue weighted by molar-refractivity contribution is 9.10. The van der Waals surface area contributed by atoms with Crippen LogP contribution in [-0.4, -0.2) is 21.6 Å². The van der Waals surface area contributed by atoms with Gasteiger partial charge in [0.2, 0.25) is 11.2 Å². The van der Waals surface area contributed by atoms with Gasteiger partial charge in [-0.3, -0.25) is 0 Å². The lowest BCUT2D eigenvalue weighted by Gasteiger charge is -2.10. The van der Waals surface area contributed by atoms with Crippen molar-refractivity contribution < 1.29 is 4.74 Å². The number of aromatic nitrogens is 3. The van der Waals surface area contributed by atoms with Crippen LogP contribution < -0.4 is 10.1 Å². The Balaban J connectivity index is 2.32. The zero-order chi connectivity index (χ0) is 14.7. The van der Waals surface area contributed by atoms with Crippen LogP contribution in [0, 0.1) is 6.92 Å². The first-order chi connectivity index (χ1) is 9.49. The predicted octanol–water partition coefficient (Wildman–Crippen LogP) is 4.39. The Morgan fingerprint density at radius 3 is 2.70 bits per heavy atom. The molecule has 1 aromatic carbocycles. The zero-order valence-electron chi connectivity index (χ0n) is 10.7. The van der Waals surface area contributed by atoms with Crippen LogP contribution in [0.2, 0.25) is 10.3 Å². The summed E-state index contributed by atoms with van der Waals surface area (Å²) in [6.07, 6.45) is 0. The van der Waals surface area contributed by atoms with E-state index in [1.807, 2.05) is 19.9 Å². The molecule has 0 amide bonds. The molecule has 0 aliphatic heterocycles. The van der Waals surface area contributed by atoms with Crippen LogP contribution in [0.25, 0.3) is 0 Å². The maximum Gasteiger partial charge on any atom is 0.322 e. The highest BCUT2D eigenvalue weighted by atomic mass is 79.9. The van der Waals surface area contributed by atoms with Crippen molar-refractivity contribution in [3.8, 4) is 6.01 Å². The quantitative estimate of drug-likeness (QED) is 0.855. The smallest absolute Gasteiger partial charge is 0.322 e. The average molecular weight is 378 g/mol. The van der Waals surface area contributed by atoms with Crippen LogP contribution in [0.15, 0.2) is 16.6 Å². The van der Waals surface area contributed by atoms with E-state index in [-0.39, 0.29) is 17.2 Å². The van der Waals surface area contributed by atoms with E-state index in [1.54, 1.807) is 6.07 Å². The van der Waals surface area contributed by atoms with E-state index < -0.39 is 0 Å². The van der Waals surface area contributed by atoms with Crippen molar-refractivity contribution in [1.82, 2.24) is 15.0 Å². The second kappa shape index (κ2) is 6.56. The Morgan fingerprint density at radius 2 is 2.00 bits per heavy atom. The van der Waals surface area contributed by atoms with Crippen LogP contribution in [0.1, 0.15) is 12.5 Å². The lowest BCUT2D eigenvalue weighted by molar-refractivity contribution is 0.312. The van der Waals surface area contributed by atoms with E-state index in [0.717, 1.165) is 15.7 Å². The van der Waals surface area contributed by atoms with Crippen molar-refractivity contribution in [2.24, 2.45) is 0 Å². The standard InChI is InChI=1S/C12H11BrCl2N4O/c1-3-20-12-18-10(15)17-11(19-12)16-9-5-8(14)6(2)4-7(9)13/h4-5H,3H2,1-2H3,(H,16,17,18,19). The van der Waals surface area contributed by atoms with Gasteiger partial charge in [-0.25, -0.2) is 0 Å². The Hall–Kier alpha value is -1.11. The molecule has 0 bridgehead atoms. The molecule has 0 aliphatic carbocycles. The van der Waals surface area contributed by atoms with Gasteiger partial charge in [-0.05, 0) is 59.1 Å². The molecular formula is C12H11BrCl2N4O. The lowest BCUT2D eigenvalue weighted by Crippen LogP contribution is -2.04. The third kappa shape index (κ3) is 3.71. The molecule has 1 aromatic heterocycles. The van der Waals surface area contributed by atoms with Crippen LogP contribution in [-0.2, 0) is 0 Å². The van der Waals surface area contributed by atoms with E-state index in [0.29, 0.717) is 11.6 Å². The minimum absolute atomic E-state index is 0.0558. The molecule has 0 spiro atoms. The van der Waals surface area contributed by atoms with Gasteiger partial charge in [-0.2, -0.15) is 15.0 Å². The third-order valence-corrected chi connectivity index (χ3v) is 3.59. The fourth-order valence-electron chi connectivity index (χ4n) is 1.44. The van der Waals surface area contributed by atoms with Crippen molar-refractivity contribution in [2.75, 3.05) is 11.9 Å². The molecule has 2 rings (SSSR count). The topological polar surface area (TPSA) is 59.9 Å². The molecule has 0 fully saturated rings. The summed E-state index contributed by atoms with van der Waals surface area (Å²) in [5.41, 5.74) is 1.69. The van der Waals surface area contributed by atoms with Crippen LogP contribution in [0.3, 0.4) is 0 Å². The SMILES string of the molecule is CCOc1nc(Cl)nc(Nc2cc(Cl)c(C)cc2Br)n1. The second-order valence-corrected chi connectivity index (χ2v) is 5.45. The van der Waals surface area contributed by atoms with Crippen molar-refractivity contribution in [3.05, 3.63) is 32.5 Å². The summed E-state index contributed by atoms with van der Waals surface area (Å²) < 4.78 is 6.06. The summed E-state index contributed by atoms with van der Waals surface area (Å²) in [5.74, 6) is 0.286. The molecule has 0 atom stereocenters. The lowest BCUT2D eigenvalue weighted by atomic mass is 10.2. The van der Waals surface area contributed by atoms with Gasteiger partial charge in [0.05, 0.1) is 12.3 Å². The molecule has 0 saturated carbocycles. The van der Waals surface area contributed by atoms with E-state index >= 15 is 0 Å². The van der Waals surface area contributed by atoms with Gasteiger partial charge >= 0.3 is 6.01 Å². The van der Waals surface area contributed by atoms with Crippen molar-refractivity contribution >= 4 is 50.8 Å². The minimum Gasteiger partial charge on any atom is -0.464 e. The number of halogens is 3. The molecule has 0 radical (unpaired) electrons. The van der Waals surface area contributed by atoms with Gasteiger partial charge in [0.15, 0.2) is 0 Å². The normalized spacial score (nSPS) is 10.4. The Kier molecular flexibility index (Phi) is 5.01. The Labute approximate surface area is 134 Å². The molecular weight excluding hydrogens is 367 g/mol. The molecule has 0 saturated heterocycles. The van der Waals surface area contributed by atoms with Gasteiger partial charge < -0.3 is 10.1 Å². The number of hydrogen-bond donors (Lipinski definition) is 1. The van der Waals surface area contributed by atoms with Crippen molar-refractivity contribution in [3.63, 3.8) is 0 Å². The van der Waals surface area contributed by atoms with E-state index in [9.17, 15) is 0 Å². The monoisotopic (exact) mass is 376 g/mol. The molecule has 0 unspecified atom stereocenters. The molecule has 0 aliphatic rings. The molecule has 1 N–H and O–H groups in total. The Bertz CT molecular complexity index is 639. The highest BCUT2D eigenvalue weighted by Crippen LogP contribution is 2.31. The highest BCUT2D eigenvalue weighted by Gasteiger charge is 2.09. The van der Waals surface area contributed by atoms with Gasteiger partial charge in [0, 0.05) is 9.50 Å². The van der Waals surface area contributed by atoms with Crippen LogP contribution in [0.4, 0.5) is 11.6 Å². The van der Waals surface area contributed by atoms with E-state index in [2.05, 4.69) is 36.2 Å². The summed E-state index contributed by atoms with van der Waals surface area (Å²) in [4.78, 5) is 12.0. The summed E-state index contributed by atoms with van der Waals surface area (Å²) in [6, 6.07) is 3.85. The fourth-order valence-corrected chi connectivity index (χ4v) is 2.32. The summed E-state index contributed by atoms with van der Waals surface area (Å²) in [6.45, 7) is 4.20. The molecule has 106 valence electrons.